The first-order valence-corrected chi connectivity index (χ1v) is 7.63. The second-order valence-corrected chi connectivity index (χ2v) is 6.11. The van der Waals surface area contributed by atoms with E-state index < -0.39 is 6.04 Å². The van der Waals surface area contributed by atoms with Crippen molar-refractivity contribution in [2.24, 2.45) is 5.92 Å². The zero-order valence-corrected chi connectivity index (χ0v) is 13.0. The standard InChI is InChI=1S/C15H24N2O4/c1-10(2)17-9-11(8-13(17)18)14(19)16-7-5-4-6-12(16)15(20)21-3/h10-12H,4-9H2,1-3H3. The van der Waals surface area contributed by atoms with E-state index in [-0.39, 0.29) is 36.2 Å². The second kappa shape index (κ2) is 6.45. The quantitative estimate of drug-likeness (QED) is 0.722. The molecule has 6 heteroatoms. The number of hydrogen-bond acceptors (Lipinski definition) is 4. The predicted octanol–water partition coefficient (Wildman–Crippen LogP) is 0.797. The topological polar surface area (TPSA) is 66.9 Å². The van der Waals surface area contributed by atoms with E-state index in [9.17, 15) is 14.4 Å². The molecule has 2 atom stereocenters. The van der Waals surface area contributed by atoms with Crippen LogP contribution in [0.4, 0.5) is 0 Å². The molecule has 2 heterocycles. The Morgan fingerprint density at radius 1 is 1.29 bits per heavy atom. The van der Waals surface area contributed by atoms with Crippen molar-refractivity contribution >= 4 is 17.8 Å². The van der Waals surface area contributed by atoms with Crippen LogP contribution in [-0.4, -0.2) is 59.9 Å². The summed E-state index contributed by atoms with van der Waals surface area (Å²) in [5, 5.41) is 0. The normalized spacial score (nSPS) is 26.4. The lowest BCUT2D eigenvalue weighted by atomic mass is 9.98. The number of amides is 2. The summed E-state index contributed by atoms with van der Waals surface area (Å²) in [6, 6.07) is -0.382. The van der Waals surface area contributed by atoms with E-state index in [1.54, 1.807) is 9.80 Å². The molecule has 2 aliphatic rings. The first-order chi connectivity index (χ1) is 9.95. The van der Waals surface area contributed by atoms with Crippen LogP contribution < -0.4 is 0 Å². The molecule has 0 saturated carbocycles. The predicted molar refractivity (Wildman–Crippen MR) is 76.3 cm³/mol. The molecular weight excluding hydrogens is 272 g/mol. The molecule has 0 aromatic carbocycles. The van der Waals surface area contributed by atoms with Crippen LogP contribution >= 0.6 is 0 Å². The van der Waals surface area contributed by atoms with E-state index in [1.807, 2.05) is 13.8 Å². The summed E-state index contributed by atoms with van der Waals surface area (Å²) in [4.78, 5) is 39.8. The van der Waals surface area contributed by atoms with Crippen LogP contribution in [0.15, 0.2) is 0 Å². The van der Waals surface area contributed by atoms with Crippen molar-refractivity contribution in [3.63, 3.8) is 0 Å². The Morgan fingerprint density at radius 3 is 2.57 bits per heavy atom. The lowest BCUT2D eigenvalue weighted by Crippen LogP contribution is -2.51. The average molecular weight is 296 g/mol. The Kier molecular flexibility index (Phi) is 4.85. The minimum atomic E-state index is -0.487. The molecule has 2 fully saturated rings. The highest BCUT2D eigenvalue weighted by Crippen LogP contribution is 2.26. The number of piperidine rings is 1. The minimum Gasteiger partial charge on any atom is -0.467 e. The average Bonchev–Trinajstić information content (AvgIpc) is 2.88. The molecule has 118 valence electrons. The van der Waals surface area contributed by atoms with E-state index in [4.69, 9.17) is 4.74 Å². The van der Waals surface area contributed by atoms with Gasteiger partial charge in [-0.1, -0.05) is 0 Å². The Hall–Kier alpha value is -1.59. The molecule has 2 saturated heterocycles. The van der Waals surface area contributed by atoms with Gasteiger partial charge in [0.05, 0.1) is 13.0 Å². The zero-order valence-electron chi connectivity index (χ0n) is 13.0. The number of methoxy groups -OCH3 is 1. The molecule has 0 aliphatic carbocycles. The van der Waals surface area contributed by atoms with Crippen LogP contribution in [-0.2, 0) is 19.1 Å². The number of carbonyl (C=O) groups excluding carboxylic acids is 3. The summed E-state index contributed by atoms with van der Waals surface area (Å²) >= 11 is 0. The van der Waals surface area contributed by atoms with Gasteiger partial charge in [0.2, 0.25) is 11.8 Å². The van der Waals surface area contributed by atoms with Crippen molar-refractivity contribution in [1.29, 1.82) is 0 Å². The van der Waals surface area contributed by atoms with Crippen molar-refractivity contribution in [2.45, 2.75) is 51.6 Å². The molecule has 0 bridgehead atoms. The molecule has 0 radical (unpaired) electrons. The third-order valence-electron chi connectivity index (χ3n) is 4.39. The van der Waals surface area contributed by atoms with E-state index in [2.05, 4.69) is 0 Å². The van der Waals surface area contributed by atoms with Crippen LogP contribution in [0.2, 0.25) is 0 Å². The van der Waals surface area contributed by atoms with Gasteiger partial charge in [0.25, 0.3) is 0 Å². The first-order valence-electron chi connectivity index (χ1n) is 7.63. The molecule has 2 unspecified atom stereocenters. The highest BCUT2D eigenvalue weighted by atomic mass is 16.5. The van der Waals surface area contributed by atoms with E-state index in [0.29, 0.717) is 19.5 Å². The lowest BCUT2D eigenvalue weighted by Gasteiger charge is -2.35. The SMILES string of the molecule is COC(=O)C1CCCCN1C(=O)C1CC(=O)N(C(C)C)C1. The summed E-state index contributed by atoms with van der Waals surface area (Å²) in [5.41, 5.74) is 0. The Balaban J connectivity index is 2.08. The molecule has 0 N–H and O–H groups in total. The van der Waals surface area contributed by atoms with Crippen molar-refractivity contribution < 1.29 is 19.1 Å². The third-order valence-corrected chi connectivity index (χ3v) is 4.39. The van der Waals surface area contributed by atoms with Crippen LogP contribution in [0, 0.1) is 5.92 Å². The molecule has 6 nitrogen and oxygen atoms in total. The lowest BCUT2D eigenvalue weighted by molar-refractivity contribution is -0.156. The molecule has 0 aromatic heterocycles. The maximum Gasteiger partial charge on any atom is 0.328 e. The Bertz CT molecular complexity index is 435. The molecule has 2 aliphatic heterocycles. The van der Waals surface area contributed by atoms with Gasteiger partial charge in [-0.05, 0) is 33.1 Å². The summed E-state index contributed by atoms with van der Waals surface area (Å²) in [7, 11) is 1.35. The third kappa shape index (κ3) is 3.19. The summed E-state index contributed by atoms with van der Waals surface area (Å²) in [5.74, 6) is -0.741. The van der Waals surface area contributed by atoms with Crippen molar-refractivity contribution in [1.82, 2.24) is 9.80 Å². The van der Waals surface area contributed by atoms with Gasteiger partial charge in [-0.2, -0.15) is 0 Å². The van der Waals surface area contributed by atoms with Gasteiger partial charge >= 0.3 is 5.97 Å². The van der Waals surface area contributed by atoms with Crippen LogP contribution in [0.25, 0.3) is 0 Å². The molecule has 2 rings (SSSR count). The van der Waals surface area contributed by atoms with Crippen LogP contribution in [0.3, 0.4) is 0 Å². The number of hydrogen-bond donors (Lipinski definition) is 0. The molecular formula is C15H24N2O4. The number of esters is 1. The maximum atomic E-state index is 12.7. The largest absolute Gasteiger partial charge is 0.467 e. The Morgan fingerprint density at radius 2 is 2.00 bits per heavy atom. The highest BCUT2D eigenvalue weighted by Gasteiger charge is 2.41. The fourth-order valence-corrected chi connectivity index (χ4v) is 3.21. The van der Waals surface area contributed by atoms with E-state index in [1.165, 1.54) is 7.11 Å². The van der Waals surface area contributed by atoms with Crippen molar-refractivity contribution in [3.05, 3.63) is 0 Å². The fraction of sp³-hybridized carbons (Fsp3) is 0.800. The van der Waals surface area contributed by atoms with Gasteiger partial charge in [-0.3, -0.25) is 9.59 Å². The van der Waals surface area contributed by atoms with Crippen molar-refractivity contribution in [2.75, 3.05) is 20.2 Å². The van der Waals surface area contributed by atoms with E-state index >= 15 is 0 Å². The molecule has 0 spiro atoms. The summed E-state index contributed by atoms with van der Waals surface area (Å²) in [6.07, 6.45) is 2.72. The second-order valence-electron chi connectivity index (χ2n) is 6.11. The highest BCUT2D eigenvalue weighted by molar-refractivity contribution is 5.91. The number of ether oxygens (including phenoxy) is 1. The smallest absolute Gasteiger partial charge is 0.328 e. The number of rotatable bonds is 3. The molecule has 0 aromatic rings. The van der Waals surface area contributed by atoms with Crippen molar-refractivity contribution in [3.8, 4) is 0 Å². The van der Waals surface area contributed by atoms with Gasteiger partial charge in [0, 0.05) is 25.6 Å². The van der Waals surface area contributed by atoms with Gasteiger partial charge < -0.3 is 14.5 Å². The van der Waals surface area contributed by atoms with E-state index in [0.717, 1.165) is 12.8 Å². The number of carbonyl (C=O) groups is 3. The first kappa shape index (κ1) is 15.8. The monoisotopic (exact) mass is 296 g/mol. The summed E-state index contributed by atoms with van der Waals surface area (Å²) < 4.78 is 4.80. The van der Waals surface area contributed by atoms with Gasteiger partial charge in [-0.25, -0.2) is 4.79 Å². The fourth-order valence-electron chi connectivity index (χ4n) is 3.21. The van der Waals surface area contributed by atoms with Gasteiger partial charge in [0.1, 0.15) is 6.04 Å². The number of nitrogens with zero attached hydrogens (tertiary/aromatic N) is 2. The Labute approximate surface area is 125 Å². The molecule has 2 amide bonds. The van der Waals surface area contributed by atoms with Crippen LogP contribution in [0.1, 0.15) is 39.5 Å². The van der Waals surface area contributed by atoms with Gasteiger partial charge in [0.15, 0.2) is 0 Å². The minimum absolute atomic E-state index is 0.0231. The van der Waals surface area contributed by atoms with Gasteiger partial charge in [-0.15, -0.1) is 0 Å². The number of likely N-dealkylation sites (tertiary alicyclic amines) is 2. The molecule has 21 heavy (non-hydrogen) atoms. The zero-order chi connectivity index (χ0) is 15.6. The summed E-state index contributed by atoms with van der Waals surface area (Å²) in [6.45, 7) is 4.93. The van der Waals surface area contributed by atoms with Crippen LogP contribution in [0.5, 0.6) is 0 Å². The maximum absolute atomic E-state index is 12.7.